The zero-order valence-corrected chi connectivity index (χ0v) is 42.3. The fraction of sp³-hybridized carbons (Fsp3) is 0.600. The summed E-state index contributed by atoms with van der Waals surface area (Å²) in [6.07, 6.45) is 74.0. The number of allylic oxidation sites excluding steroid dienone is 21. The molecular formula is C60H97NO5. The molecular weight excluding hydrogens is 815 g/mol. The van der Waals surface area contributed by atoms with Gasteiger partial charge in [-0.05, 0) is 102 Å². The summed E-state index contributed by atoms with van der Waals surface area (Å²) in [6, 6.07) is -0.759. The van der Waals surface area contributed by atoms with Gasteiger partial charge in [-0.1, -0.05) is 225 Å². The SMILES string of the molecule is CC/C=C\C/C=C\C/C=C\C/C=C\C/C=C\C/C=C\C(CC(=O)NC(CO)C(O)CCCCCCCCCCCCC)OC(=O)CCCCC/C=C\C/C=C\C/C=C\C/C=C\C/C=C\CC. The molecule has 0 aromatic heterocycles. The van der Waals surface area contributed by atoms with Crippen molar-refractivity contribution in [2.45, 2.75) is 225 Å². The van der Waals surface area contributed by atoms with Crippen LogP contribution in [0.1, 0.15) is 207 Å². The summed E-state index contributed by atoms with van der Waals surface area (Å²) in [6.45, 7) is 6.19. The number of hydrogen-bond acceptors (Lipinski definition) is 5. The highest BCUT2D eigenvalue weighted by atomic mass is 16.5. The first kappa shape index (κ1) is 62.0. The van der Waals surface area contributed by atoms with Crippen LogP contribution < -0.4 is 5.32 Å². The third-order valence-corrected chi connectivity index (χ3v) is 11.0. The number of carbonyl (C=O) groups excluding carboxylic acids is 2. The van der Waals surface area contributed by atoms with E-state index in [0.717, 1.165) is 109 Å². The zero-order valence-electron chi connectivity index (χ0n) is 42.3. The van der Waals surface area contributed by atoms with E-state index in [2.05, 4.69) is 148 Å². The van der Waals surface area contributed by atoms with E-state index in [1.54, 1.807) is 6.08 Å². The largest absolute Gasteiger partial charge is 0.458 e. The smallest absolute Gasteiger partial charge is 0.306 e. The summed E-state index contributed by atoms with van der Waals surface area (Å²) in [5, 5.41) is 23.7. The second kappa shape index (κ2) is 52.0. The van der Waals surface area contributed by atoms with Gasteiger partial charge < -0.3 is 20.3 Å². The lowest BCUT2D eigenvalue weighted by atomic mass is 10.0. The average molecular weight is 912 g/mol. The van der Waals surface area contributed by atoms with Crippen LogP contribution in [-0.2, 0) is 14.3 Å². The lowest BCUT2D eigenvalue weighted by Gasteiger charge is -2.23. The topological polar surface area (TPSA) is 95.9 Å². The standard InChI is InChI=1S/C60H97NO5/c1-4-7-10-13-16-19-22-24-26-28-29-31-33-35-38-41-44-47-50-53-60(65)66-56(51-48-45-42-39-37-34-32-30-27-25-23-20-17-14-11-8-5-2)54-59(64)61-57(55-62)58(63)52-49-46-43-40-36-21-18-15-12-9-6-3/h7-8,10-11,16-17,19-20,24-27,29,31-32,34-35,38-39,42,48,51,56-58,62-63H,4-6,9,12-15,18,21-23,28,30,33,36-37,40-41,43-47,49-50,52-55H2,1-3H3,(H,61,64)/b10-7-,11-8-,19-16-,20-17-,26-24-,27-25-,31-29-,34-32-,38-35-,42-39-,51-48-. The van der Waals surface area contributed by atoms with Crippen LogP contribution in [0.2, 0.25) is 0 Å². The lowest BCUT2D eigenvalue weighted by Crippen LogP contribution is -2.46. The van der Waals surface area contributed by atoms with Gasteiger partial charge in [0.1, 0.15) is 6.10 Å². The number of esters is 1. The Labute approximate surface area is 405 Å². The summed E-state index contributed by atoms with van der Waals surface area (Å²) < 4.78 is 5.81. The molecule has 66 heavy (non-hydrogen) atoms. The molecule has 0 spiro atoms. The maximum Gasteiger partial charge on any atom is 0.306 e. The Morgan fingerprint density at radius 1 is 0.470 bits per heavy atom. The Kier molecular flexibility index (Phi) is 48.8. The number of aliphatic hydroxyl groups excluding tert-OH is 2. The Morgan fingerprint density at radius 3 is 1.27 bits per heavy atom. The van der Waals surface area contributed by atoms with E-state index in [4.69, 9.17) is 4.74 Å². The van der Waals surface area contributed by atoms with E-state index in [1.807, 2.05) is 6.08 Å². The molecule has 0 bridgehead atoms. The number of unbranched alkanes of at least 4 members (excludes halogenated alkanes) is 13. The third kappa shape index (κ3) is 46.5. The van der Waals surface area contributed by atoms with Crippen molar-refractivity contribution in [3.05, 3.63) is 134 Å². The molecule has 3 atom stereocenters. The van der Waals surface area contributed by atoms with Crippen LogP contribution >= 0.6 is 0 Å². The summed E-state index contributed by atoms with van der Waals surface area (Å²) >= 11 is 0. The van der Waals surface area contributed by atoms with E-state index in [-0.39, 0.29) is 24.9 Å². The Balaban J connectivity index is 4.85. The van der Waals surface area contributed by atoms with Crippen LogP contribution in [0.5, 0.6) is 0 Å². The molecule has 6 nitrogen and oxygen atoms in total. The third-order valence-electron chi connectivity index (χ3n) is 11.0. The van der Waals surface area contributed by atoms with E-state index in [1.165, 1.54) is 51.4 Å². The Morgan fingerprint density at radius 2 is 0.848 bits per heavy atom. The van der Waals surface area contributed by atoms with Crippen molar-refractivity contribution < 1.29 is 24.5 Å². The van der Waals surface area contributed by atoms with Gasteiger partial charge in [0, 0.05) is 6.42 Å². The fourth-order valence-corrected chi connectivity index (χ4v) is 7.04. The molecule has 0 aliphatic heterocycles. The fourth-order valence-electron chi connectivity index (χ4n) is 7.04. The monoisotopic (exact) mass is 912 g/mol. The van der Waals surface area contributed by atoms with Gasteiger partial charge in [0.15, 0.2) is 0 Å². The maximum atomic E-state index is 13.2. The molecule has 0 aliphatic rings. The van der Waals surface area contributed by atoms with Crippen LogP contribution in [0, 0.1) is 0 Å². The molecule has 0 aromatic rings. The highest BCUT2D eigenvalue weighted by molar-refractivity contribution is 5.78. The molecule has 0 saturated heterocycles. The molecule has 0 radical (unpaired) electrons. The van der Waals surface area contributed by atoms with Gasteiger partial charge in [-0.3, -0.25) is 9.59 Å². The van der Waals surface area contributed by atoms with E-state index in [0.29, 0.717) is 19.3 Å². The number of amides is 1. The minimum Gasteiger partial charge on any atom is -0.458 e. The number of nitrogens with one attached hydrogen (secondary N) is 1. The predicted molar refractivity (Wildman–Crippen MR) is 286 cm³/mol. The van der Waals surface area contributed by atoms with Crippen molar-refractivity contribution in [2.24, 2.45) is 0 Å². The molecule has 0 heterocycles. The highest BCUT2D eigenvalue weighted by Crippen LogP contribution is 2.15. The van der Waals surface area contributed by atoms with Gasteiger partial charge in [0.05, 0.1) is 25.2 Å². The maximum absolute atomic E-state index is 13.2. The first-order valence-electron chi connectivity index (χ1n) is 26.4. The molecule has 0 saturated carbocycles. The molecule has 0 aromatic carbocycles. The van der Waals surface area contributed by atoms with Crippen LogP contribution in [0.4, 0.5) is 0 Å². The van der Waals surface area contributed by atoms with Crippen molar-refractivity contribution in [3.8, 4) is 0 Å². The predicted octanol–water partition coefficient (Wildman–Crippen LogP) is 16.2. The molecule has 0 fully saturated rings. The van der Waals surface area contributed by atoms with Crippen molar-refractivity contribution in [2.75, 3.05) is 6.61 Å². The van der Waals surface area contributed by atoms with Gasteiger partial charge in [-0.25, -0.2) is 0 Å². The molecule has 3 N–H and O–H groups in total. The molecule has 372 valence electrons. The van der Waals surface area contributed by atoms with Gasteiger partial charge in [-0.15, -0.1) is 0 Å². The first-order valence-corrected chi connectivity index (χ1v) is 26.4. The quantitative estimate of drug-likeness (QED) is 0.0321. The summed E-state index contributed by atoms with van der Waals surface area (Å²) in [4.78, 5) is 26.1. The van der Waals surface area contributed by atoms with Crippen LogP contribution in [0.25, 0.3) is 0 Å². The van der Waals surface area contributed by atoms with Crippen LogP contribution in [0.3, 0.4) is 0 Å². The Hall–Kier alpha value is -4.00. The molecule has 1 amide bonds. The number of hydrogen-bond donors (Lipinski definition) is 3. The molecule has 6 heteroatoms. The second-order valence-electron chi connectivity index (χ2n) is 17.2. The van der Waals surface area contributed by atoms with Gasteiger partial charge >= 0.3 is 5.97 Å². The van der Waals surface area contributed by atoms with Crippen molar-refractivity contribution in [1.82, 2.24) is 5.32 Å². The lowest BCUT2D eigenvalue weighted by molar-refractivity contribution is -0.148. The normalized spacial score (nSPS) is 14.3. The second-order valence-corrected chi connectivity index (χ2v) is 17.2. The van der Waals surface area contributed by atoms with E-state index >= 15 is 0 Å². The van der Waals surface area contributed by atoms with Crippen LogP contribution in [0.15, 0.2) is 134 Å². The first-order chi connectivity index (χ1) is 32.5. The minimum atomic E-state index is -0.834. The van der Waals surface area contributed by atoms with Crippen molar-refractivity contribution in [3.63, 3.8) is 0 Å². The minimum absolute atomic E-state index is 0.0698. The van der Waals surface area contributed by atoms with Crippen molar-refractivity contribution >= 4 is 11.9 Å². The summed E-state index contributed by atoms with van der Waals surface area (Å²) in [7, 11) is 0. The summed E-state index contributed by atoms with van der Waals surface area (Å²) in [5.41, 5.74) is 0. The zero-order chi connectivity index (χ0) is 48.1. The van der Waals surface area contributed by atoms with Crippen molar-refractivity contribution in [1.29, 1.82) is 0 Å². The molecule has 0 aliphatic carbocycles. The van der Waals surface area contributed by atoms with Gasteiger partial charge in [0.25, 0.3) is 0 Å². The highest BCUT2D eigenvalue weighted by Gasteiger charge is 2.23. The number of ether oxygens (including phenoxy) is 1. The molecule has 3 unspecified atom stereocenters. The Bertz CT molecular complexity index is 1440. The number of rotatable bonds is 45. The van der Waals surface area contributed by atoms with Gasteiger partial charge in [0.2, 0.25) is 5.91 Å². The average Bonchev–Trinajstić information content (AvgIpc) is 3.31. The van der Waals surface area contributed by atoms with Crippen LogP contribution in [-0.4, -0.2) is 46.9 Å². The van der Waals surface area contributed by atoms with Gasteiger partial charge in [-0.2, -0.15) is 0 Å². The molecule has 0 rings (SSSR count). The summed E-state index contributed by atoms with van der Waals surface area (Å²) in [5.74, 6) is -0.682. The number of carbonyl (C=O) groups is 2. The van der Waals surface area contributed by atoms with E-state index in [9.17, 15) is 19.8 Å². The number of aliphatic hydroxyl groups is 2. The van der Waals surface area contributed by atoms with E-state index < -0.39 is 18.2 Å².